The van der Waals surface area contributed by atoms with Crippen molar-refractivity contribution in [2.24, 2.45) is 5.92 Å². The average Bonchev–Trinajstić information content (AvgIpc) is 2.70. The molecule has 2 heterocycles. The maximum atomic E-state index is 11.9. The summed E-state index contributed by atoms with van der Waals surface area (Å²) in [6.07, 6.45) is 1.31. The third kappa shape index (κ3) is 3.64. The van der Waals surface area contributed by atoms with Gasteiger partial charge in [-0.15, -0.1) is 11.8 Å². The number of amides is 2. The van der Waals surface area contributed by atoms with Crippen LogP contribution in [0, 0.1) is 5.92 Å². The molecule has 2 aliphatic rings. The summed E-state index contributed by atoms with van der Waals surface area (Å²) in [5.74, 6) is -1.02. The van der Waals surface area contributed by atoms with E-state index < -0.39 is 5.97 Å². The number of β-lactam (4-membered cyclic amide) rings is 1. The molecule has 0 radical (unpaired) electrons. The fraction of sp³-hybridized carbons (Fsp3) is 0.615. The molecule has 0 aromatic rings. The Labute approximate surface area is 150 Å². The molecule has 0 aliphatic carbocycles. The minimum atomic E-state index is -1.29. The van der Waals surface area contributed by atoms with Crippen molar-refractivity contribution in [3.05, 3.63) is 10.6 Å². The standard InChI is InChI=1S/C13H18N2O4S.Na/c1-3-8-9-6-10(20-5-4-14-7(2)16)11(13(18)19)15(9)12(8)17;/h8-9H,3-6H2,1-2H3,(H,14,16)(H,18,19);/q;+1/p-1/t8-,9+;/m1./s1. The van der Waals surface area contributed by atoms with Crippen molar-refractivity contribution in [1.82, 2.24) is 10.2 Å². The molecule has 2 rings (SSSR count). The summed E-state index contributed by atoms with van der Waals surface area (Å²) in [5, 5.41) is 13.9. The van der Waals surface area contributed by atoms with E-state index in [4.69, 9.17) is 0 Å². The van der Waals surface area contributed by atoms with Gasteiger partial charge in [0, 0.05) is 30.5 Å². The predicted octanol–water partition coefficient (Wildman–Crippen LogP) is -3.54. The van der Waals surface area contributed by atoms with Crippen LogP contribution in [0.3, 0.4) is 0 Å². The van der Waals surface area contributed by atoms with Gasteiger partial charge in [0.25, 0.3) is 0 Å². The fourth-order valence-electron chi connectivity index (χ4n) is 2.72. The molecule has 2 aliphatic heterocycles. The third-order valence-electron chi connectivity index (χ3n) is 3.64. The van der Waals surface area contributed by atoms with E-state index in [0.717, 1.165) is 6.42 Å². The van der Waals surface area contributed by atoms with E-state index in [0.29, 0.717) is 23.6 Å². The van der Waals surface area contributed by atoms with Crippen LogP contribution in [0.4, 0.5) is 0 Å². The quantitative estimate of drug-likeness (QED) is 0.311. The zero-order chi connectivity index (χ0) is 14.9. The number of fused-ring (bicyclic) bond motifs is 1. The molecule has 21 heavy (non-hydrogen) atoms. The van der Waals surface area contributed by atoms with Crippen molar-refractivity contribution < 1.29 is 49.0 Å². The van der Waals surface area contributed by atoms with Crippen molar-refractivity contribution in [2.75, 3.05) is 12.3 Å². The van der Waals surface area contributed by atoms with Crippen LogP contribution in [-0.2, 0) is 14.4 Å². The Kier molecular flexibility index (Phi) is 6.77. The zero-order valence-electron chi connectivity index (χ0n) is 12.5. The van der Waals surface area contributed by atoms with E-state index in [1.54, 1.807) is 0 Å². The molecule has 2 atom stereocenters. The number of thioether (sulfide) groups is 1. The Morgan fingerprint density at radius 3 is 2.67 bits per heavy atom. The van der Waals surface area contributed by atoms with Crippen molar-refractivity contribution >= 4 is 29.5 Å². The summed E-state index contributed by atoms with van der Waals surface area (Å²) < 4.78 is 0. The van der Waals surface area contributed by atoms with Crippen LogP contribution < -0.4 is 40.0 Å². The van der Waals surface area contributed by atoms with Crippen molar-refractivity contribution in [3.8, 4) is 0 Å². The number of carboxylic acid groups (broad SMARTS) is 1. The molecule has 1 N–H and O–H groups in total. The van der Waals surface area contributed by atoms with Crippen LogP contribution in [-0.4, -0.2) is 41.0 Å². The second-order valence-electron chi connectivity index (χ2n) is 4.89. The van der Waals surface area contributed by atoms with Gasteiger partial charge in [-0.25, -0.2) is 0 Å². The normalized spacial score (nSPS) is 23.3. The third-order valence-corrected chi connectivity index (χ3v) is 4.75. The van der Waals surface area contributed by atoms with E-state index in [1.807, 2.05) is 6.92 Å². The Bertz CT molecular complexity index is 495. The Morgan fingerprint density at radius 2 is 2.14 bits per heavy atom. The van der Waals surface area contributed by atoms with E-state index in [2.05, 4.69) is 5.32 Å². The summed E-state index contributed by atoms with van der Waals surface area (Å²) in [6, 6.07) is -0.0244. The van der Waals surface area contributed by atoms with E-state index >= 15 is 0 Å². The predicted molar refractivity (Wildman–Crippen MR) is 72.2 cm³/mol. The molecule has 0 saturated carbocycles. The first-order valence-electron chi connectivity index (χ1n) is 6.62. The summed E-state index contributed by atoms with van der Waals surface area (Å²) in [7, 11) is 0. The monoisotopic (exact) mass is 320 g/mol. The number of carbonyl (C=O) groups is 3. The van der Waals surface area contributed by atoms with Gasteiger partial charge < -0.3 is 20.1 Å². The maximum Gasteiger partial charge on any atom is 1.00 e. The van der Waals surface area contributed by atoms with Gasteiger partial charge >= 0.3 is 29.6 Å². The first-order chi connectivity index (χ1) is 9.47. The minimum Gasteiger partial charge on any atom is -0.543 e. The van der Waals surface area contributed by atoms with Crippen molar-refractivity contribution in [1.29, 1.82) is 0 Å². The minimum absolute atomic E-state index is 0. The molecular weight excluding hydrogens is 303 g/mol. The van der Waals surface area contributed by atoms with E-state index in [-0.39, 0.29) is 59.0 Å². The van der Waals surface area contributed by atoms with Gasteiger partial charge in [-0.2, -0.15) is 0 Å². The molecule has 1 saturated heterocycles. The smallest absolute Gasteiger partial charge is 0.543 e. The number of carboxylic acids is 1. The van der Waals surface area contributed by atoms with Gasteiger partial charge in [-0.1, -0.05) is 6.92 Å². The summed E-state index contributed by atoms with van der Waals surface area (Å²) in [6.45, 7) is 3.84. The molecule has 2 amide bonds. The Balaban J connectivity index is 0.00000220. The largest absolute Gasteiger partial charge is 1.00 e. The number of rotatable bonds is 6. The van der Waals surface area contributed by atoms with E-state index in [1.165, 1.54) is 23.6 Å². The second kappa shape index (κ2) is 7.67. The topological polar surface area (TPSA) is 89.5 Å². The Hall–Kier alpha value is -0.500. The molecule has 0 spiro atoms. The van der Waals surface area contributed by atoms with Gasteiger partial charge in [-0.05, 0) is 6.42 Å². The zero-order valence-corrected chi connectivity index (χ0v) is 15.3. The second-order valence-corrected chi connectivity index (χ2v) is 6.07. The van der Waals surface area contributed by atoms with Crippen LogP contribution >= 0.6 is 11.8 Å². The first kappa shape index (κ1) is 18.5. The number of nitrogens with one attached hydrogen (secondary N) is 1. The van der Waals surface area contributed by atoms with Gasteiger partial charge in [0.1, 0.15) is 0 Å². The molecule has 0 aromatic carbocycles. The maximum absolute atomic E-state index is 11.9. The van der Waals surface area contributed by atoms with Crippen LogP contribution in [0.5, 0.6) is 0 Å². The Morgan fingerprint density at radius 1 is 1.48 bits per heavy atom. The average molecular weight is 320 g/mol. The molecule has 0 bridgehead atoms. The molecule has 0 aromatic heterocycles. The number of nitrogens with zero attached hydrogens (tertiary/aromatic N) is 1. The number of hydrogen-bond donors (Lipinski definition) is 1. The molecule has 0 unspecified atom stereocenters. The molecule has 110 valence electrons. The van der Waals surface area contributed by atoms with Crippen molar-refractivity contribution in [2.45, 2.75) is 32.7 Å². The molecular formula is C13H17N2NaO4S. The summed E-state index contributed by atoms with van der Waals surface area (Å²) in [5.41, 5.74) is 0.0255. The summed E-state index contributed by atoms with van der Waals surface area (Å²) in [4.78, 5) is 35.9. The SMILES string of the molecule is CC[C@H]1C(=O)N2C(C(=O)[O-])=C(SCCNC(C)=O)C[C@@H]12.[Na+]. The first-order valence-corrected chi connectivity index (χ1v) is 7.60. The number of aliphatic carboxylic acids is 1. The van der Waals surface area contributed by atoms with Crippen LogP contribution in [0.15, 0.2) is 10.6 Å². The molecule has 6 nitrogen and oxygen atoms in total. The van der Waals surface area contributed by atoms with Gasteiger partial charge in [0.2, 0.25) is 11.8 Å². The summed E-state index contributed by atoms with van der Waals surface area (Å²) >= 11 is 1.37. The van der Waals surface area contributed by atoms with Crippen molar-refractivity contribution in [3.63, 3.8) is 0 Å². The van der Waals surface area contributed by atoms with Gasteiger partial charge in [0.15, 0.2) is 0 Å². The number of carbonyl (C=O) groups excluding carboxylic acids is 3. The van der Waals surface area contributed by atoms with E-state index in [9.17, 15) is 19.5 Å². The molecule has 8 heteroatoms. The van der Waals surface area contributed by atoms with Crippen LogP contribution in [0.1, 0.15) is 26.7 Å². The fourth-order valence-corrected chi connectivity index (χ4v) is 3.78. The van der Waals surface area contributed by atoms with Gasteiger partial charge in [0.05, 0.1) is 23.6 Å². The molecule has 1 fully saturated rings. The van der Waals surface area contributed by atoms with Gasteiger partial charge in [-0.3, -0.25) is 9.59 Å². The van der Waals surface area contributed by atoms with Crippen LogP contribution in [0.25, 0.3) is 0 Å². The number of hydrogen-bond acceptors (Lipinski definition) is 5. The van der Waals surface area contributed by atoms with Crippen LogP contribution in [0.2, 0.25) is 0 Å².